The SMILES string of the molecule is C=CCN(c1ccc(Br)cc1F)S(=O)(=O)c1ccc(Br)cc1. The normalized spacial score (nSPS) is 11.2. The molecule has 0 unspecified atom stereocenters. The lowest BCUT2D eigenvalue weighted by atomic mass is 10.3. The fraction of sp³-hybridized carbons (Fsp3) is 0.0667. The lowest BCUT2D eigenvalue weighted by molar-refractivity contribution is 0.587. The van der Waals surface area contributed by atoms with Gasteiger partial charge in [-0.15, -0.1) is 6.58 Å². The number of hydrogen-bond donors (Lipinski definition) is 0. The summed E-state index contributed by atoms with van der Waals surface area (Å²) in [6, 6.07) is 10.4. The summed E-state index contributed by atoms with van der Waals surface area (Å²) >= 11 is 6.41. The third kappa shape index (κ3) is 3.59. The average Bonchev–Trinajstić information content (AvgIpc) is 2.46. The molecule has 0 N–H and O–H groups in total. The Bertz CT molecular complexity index is 792. The minimum atomic E-state index is -3.88. The fourth-order valence-corrected chi connectivity index (χ4v) is 3.90. The zero-order chi connectivity index (χ0) is 16.3. The highest BCUT2D eigenvalue weighted by Gasteiger charge is 2.26. The Kier molecular flexibility index (Phi) is 5.41. The van der Waals surface area contributed by atoms with Gasteiger partial charge < -0.3 is 0 Å². The van der Waals surface area contributed by atoms with Crippen LogP contribution in [-0.4, -0.2) is 15.0 Å². The van der Waals surface area contributed by atoms with Crippen LogP contribution in [0.1, 0.15) is 0 Å². The molecule has 0 atom stereocenters. The Hall–Kier alpha value is -1.18. The molecule has 0 aromatic heterocycles. The van der Waals surface area contributed by atoms with Gasteiger partial charge in [0.1, 0.15) is 5.82 Å². The van der Waals surface area contributed by atoms with Gasteiger partial charge in [-0.3, -0.25) is 4.31 Å². The van der Waals surface area contributed by atoms with Crippen molar-refractivity contribution >= 4 is 47.6 Å². The molecule has 7 heteroatoms. The molecule has 0 radical (unpaired) electrons. The zero-order valence-corrected chi connectivity index (χ0v) is 15.3. The Morgan fingerprint density at radius 1 is 1.09 bits per heavy atom. The van der Waals surface area contributed by atoms with Crippen molar-refractivity contribution in [2.45, 2.75) is 4.90 Å². The van der Waals surface area contributed by atoms with E-state index in [1.165, 1.54) is 30.3 Å². The second-order valence-electron chi connectivity index (χ2n) is 4.37. The van der Waals surface area contributed by atoms with E-state index >= 15 is 0 Å². The fourth-order valence-electron chi connectivity index (χ4n) is 1.86. The molecule has 0 aliphatic rings. The smallest absolute Gasteiger partial charge is 0.260 e. The molecule has 0 saturated heterocycles. The van der Waals surface area contributed by atoms with Gasteiger partial charge in [-0.05, 0) is 42.5 Å². The van der Waals surface area contributed by atoms with E-state index in [1.807, 2.05) is 0 Å². The molecule has 0 bridgehead atoms. The van der Waals surface area contributed by atoms with Gasteiger partial charge in [0.25, 0.3) is 10.0 Å². The number of hydrogen-bond acceptors (Lipinski definition) is 2. The van der Waals surface area contributed by atoms with Crippen molar-refractivity contribution in [3.63, 3.8) is 0 Å². The van der Waals surface area contributed by atoms with Gasteiger partial charge in [-0.25, -0.2) is 12.8 Å². The maximum absolute atomic E-state index is 14.2. The van der Waals surface area contributed by atoms with Gasteiger partial charge in [0.15, 0.2) is 0 Å². The zero-order valence-electron chi connectivity index (χ0n) is 11.3. The molecule has 116 valence electrons. The molecule has 0 aliphatic heterocycles. The van der Waals surface area contributed by atoms with E-state index in [-0.39, 0.29) is 17.1 Å². The standard InChI is InChI=1S/C15H12Br2FNO2S/c1-2-9-19(15-8-5-12(17)10-14(15)18)22(20,21)13-6-3-11(16)4-7-13/h2-8,10H,1,9H2. The first-order chi connectivity index (χ1) is 10.4. The van der Waals surface area contributed by atoms with Gasteiger partial charge in [-0.2, -0.15) is 0 Å². The monoisotopic (exact) mass is 447 g/mol. The maximum atomic E-state index is 14.2. The predicted molar refractivity (Wildman–Crippen MR) is 93.0 cm³/mol. The van der Waals surface area contributed by atoms with Crippen molar-refractivity contribution in [1.82, 2.24) is 0 Å². The third-order valence-corrected chi connectivity index (χ3v) is 5.69. The molecule has 3 nitrogen and oxygen atoms in total. The van der Waals surface area contributed by atoms with Crippen LogP contribution in [0.5, 0.6) is 0 Å². The van der Waals surface area contributed by atoms with Crippen molar-refractivity contribution in [2.24, 2.45) is 0 Å². The lowest BCUT2D eigenvalue weighted by Gasteiger charge is -2.23. The number of halogens is 3. The quantitative estimate of drug-likeness (QED) is 0.620. The van der Waals surface area contributed by atoms with E-state index in [4.69, 9.17) is 0 Å². The summed E-state index contributed by atoms with van der Waals surface area (Å²) in [5.74, 6) is -0.628. The second-order valence-corrected chi connectivity index (χ2v) is 8.07. The molecule has 22 heavy (non-hydrogen) atoms. The predicted octanol–water partition coefficient (Wildman–Crippen LogP) is 4.73. The summed E-state index contributed by atoms with van der Waals surface area (Å²) in [5.41, 5.74) is -0.0222. The van der Waals surface area contributed by atoms with Gasteiger partial charge in [0.05, 0.1) is 17.1 Å². The lowest BCUT2D eigenvalue weighted by Crippen LogP contribution is -2.31. The van der Waals surface area contributed by atoms with E-state index in [2.05, 4.69) is 38.4 Å². The van der Waals surface area contributed by atoms with Crippen LogP contribution in [0.2, 0.25) is 0 Å². The highest BCUT2D eigenvalue weighted by molar-refractivity contribution is 9.10. The number of anilines is 1. The van der Waals surface area contributed by atoms with Crippen LogP contribution in [0, 0.1) is 5.82 Å². The Balaban J connectivity index is 2.55. The highest BCUT2D eigenvalue weighted by Crippen LogP contribution is 2.28. The van der Waals surface area contributed by atoms with Crippen molar-refractivity contribution in [3.8, 4) is 0 Å². The van der Waals surface area contributed by atoms with Gasteiger partial charge >= 0.3 is 0 Å². The van der Waals surface area contributed by atoms with Crippen LogP contribution < -0.4 is 4.31 Å². The van der Waals surface area contributed by atoms with Gasteiger partial charge in [0, 0.05) is 8.95 Å². The number of nitrogens with zero attached hydrogens (tertiary/aromatic N) is 1. The molecular weight excluding hydrogens is 437 g/mol. The summed E-state index contributed by atoms with van der Waals surface area (Å²) in [6.07, 6.45) is 1.41. The van der Waals surface area contributed by atoms with Crippen molar-refractivity contribution in [3.05, 3.63) is 69.9 Å². The van der Waals surface area contributed by atoms with Crippen molar-refractivity contribution in [1.29, 1.82) is 0 Å². The number of benzene rings is 2. The van der Waals surface area contributed by atoms with E-state index in [0.29, 0.717) is 4.47 Å². The van der Waals surface area contributed by atoms with Crippen molar-refractivity contribution < 1.29 is 12.8 Å². The van der Waals surface area contributed by atoms with Crippen molar-refractivity contribution in [2.75, 3.05) is 10.8 Å². The first-order valence-electron chi connectivity index (χ1n) is 6.20. The summed E-state index contributed by atoms with van der Waals surface area (Å²) in [5, 5.41) is 0. The Morgan fingerprint density at radius 3 is 2.23 bits per heavy atom. The topological polar surface area (TPSA) is 37.4 Å². The average molecular weight is 449 g/mol. The summed E-state index contributed by atoms with van der Waals surface area (Å²) in [4.78, 5) is 0.0832. The molecule has 2 aromatic carbocycles. The van der Waals surface area contributed by atoms with E-state index in [1.54, 1.807) is 18.2 Å². The largest absolute Gasteiger partial charge is 0.264 e. The van der Waals surface area contributed by atoms with E-state index < -0.39 is 15.8 Å². The van der Waals surface area contributed by atoms with Crippen LogP contribution in [0.15, 0.2) is 69.0 Å². The van der Waals surface area contributed by atoms with Gasteiger partial charge in [0.2, 0.25) is 0 Å². The Morgan fingerprint density at radius 2 is 1.68 bits per heavy atom. The third-order valence-electron chi connectivity index (χ3n) is 2.87. The minimum Gasteiger partial charge on any atom is -0.260 e. The molecule has 0 aliphatic carbocycles. The Labute approximate surface area is 145 Å². The van der Waals surface area contributed by atoms with Crippen LogP contribution in [-0.2, 0) is 10.0 Å². The first-order valence-corrected chi connectivity index (χ1v) is 9.23. The van der Waals surface area contributed by atoms with Crippen LogP contribution in [0.3, 0.4) is 0 Å². The summed E-state index contributed by atoms with van der Waals surface area (Å²) in [7, 11) is -3.88. The second kappa shape index (κ2) is 6.93. The summed E-state index contributed by atoms with van der Waals surface area (Å²) < 4.78 is 42.0. The number of sulfonamides is 1. The van der Waals surface area contributed by atoms with E-state index in [9.17, 15) is 12.8 Å². The molecular formula is C15H12Br2FNO2S. The molecule has 2 rings (SSSR count). The minimum absolute atomic E-state index is 0.0222. The molecule has 0 spiro atoms. The van der Waals surface area contributed by atoms with Gasteiger partial charge in [-0.1, -0.05) is 37.9 Å². The maximum Gasteiger partial charge on any atom is 0.264 e. The van der Waals surface area contributed by atoms with E-state index in [0.717, 1.165) is 8.78 Å². The molecule has 2 aromatic rings. The highest BCUT2D eigenvalue weighted by atomic mass is 79.9. The molecule has 0 amide bonds. The first kappa shape index (κ1) is 17.2. The van der Waals surface area contributed by atoms with Crippen LogP contribution >= 0.6 is 31.9 Å². The molecule has 0 fully saturated rings. The molecule has 0 heterocycles. The molecule has 0 saturated carbocycles. The van der Waals surface area contributed by atoms with Crippen LogP contribution in [0.4, 0.5) is 10.1 Å². The van der Waals surface area contributed by atoms with Crippen LogP contribution in [0.25, 0.3) is 0 Å². The number of rotatable bonds is 5. The summed E-state index contributed by atoms with van der Waals surface area (Å²) in [6.45, 7) is 3.52.